The van der Waals surface area contributed by atoms with Gasteiger partial charge < -0.3 is 18.9 Å². The van der Waals surface area contributed by atoms with Crippen molar-refractivity contribution in [2.45, 2.75) is 26.3 Å². The summed E-state index contributed by atoms with van der Waals surface area (Å²) < 4.78 is 16.1. The number of ether oxygens (including phenoxy) is 2. The van der Waals surface area contributed by atoms with Crippen molar-refractivity contribution >= 4 is 0 Å². The van der Waals surface area contributed by atoms with Gasteiger partial charge in [0.25, 0.3) is 5.89 Å². The monoisotopic (exact) mass is 382 g/mol. The Morgan fingerprint density at radius 3 is 2.36 bits per heavy atom. The number of nitrogens with zero attached hydrogens (tertiary/aromatic N) is 2. The summed E-state index contributed by atoms with van der Waals surface area (Å²) in [5.74, 6) is 2.80. The number of benzene rings is 2. The van der Waals surface area contributed by atoms with E-state index in [9.17, 15) is 0 Å². The number of rotatable bonds is 9. The number of likely N-dealkylation sites (N-methyl/N-ethyl adjacent to an activating group) is 1. The van der Waals surface area contributed by atoms with Gasteiger partial charge in [0, 0.05) is 12.0 Å². The summed E-state index contributed by atoms with van der Waals surface area (Å²) in [6.07, 6.45) is 1.94. The number of hydrogen-bond donors (Lipinski definition) is 1. The molecular formula is C22H28N3O3+. The Kier molecular flexibility index (Phi) is 6.66. The molecule has 0 fully saturated rings. The molecule has 0 radical (unpaired) electrons. The van der Waals surface area contributed by atoms with Crippen molar-refractivity contribution in [2.24, 2.45) is 0 Å². The first-order valence-electron chi connectivity index (χ1n) is 9.57. The fraction of sp³-hybridized carbons (Fsp3) is 0.364. The molecule has 28 heavy (non-hydrogen) atoms. The SMILES string of the molecule is CCc1ccc(-c2noc(C[NH+](C)CCc3ccc(OC)c(OC)c3)n2)cc1. The minimum absolute atomic E-state index is 0.644. The predicted molar refractivity (Wildman–Crippen MR) is 108 cm³/mol. The van der Waals surface area contributed by atoms with Crippen molar-refractivity contribution in [1.82, 2.24) is 10.1 Å². The van der Waals surface area contributed by atoms with Crippen molar-refractivity contribution in [3.8, 4) is 22.9 Å². The summed E-state index contributed by atoms with van der Waals surface area (Å²) in [7, 11) is 5.43. The summed E-state index contributed by atoms with van der Waals surface area (Å²) in [5.41, 5.74) is 3.49. The Bertz CT molecular complexity index is 890. The maximum absolute atomic E-state index is 5.45. The van der Waals surface area contributed by atoms with Gasteiger partial charge in [-0.25, -0.2) is 0 Å². The topological polar surface area (TPSA) is 61.8 Å². The molecule has 3 rings (SSSR count). The van der Waals surface area contributed by atoms with E-state index in [2.05, 4.69) is 42.3 Å². The van der Waals surface area contributed by atoms with Gasteiger partial charge in [0.05, 0.1) is 27.8 Å². The zero-order valence-electron chi connectivity index (χ0n) is 17.0. The first-order chi connectivity index (χ1) is 13.6. The second-order valence-corrected chi connectivity index (χ2v) is 6.89. The van der Waals surface area contributed by atoms with Gasteiger partial charge in [-0.05, 0) is 29.7 Å². The average Bonchev–Trinajstić information content (AvgIpc) is 3.20. The second-order valence-electron chi connectivity index (χ2n) is 6.89. The number of methoxy groups -OCH3 is 2. The molecule has 1 aromatic heterocycles. The van der Waals surface area contributed by atoms with Crippen LogP contribution in [0.25, 0.3) is 11.4 Å². The van der Waals surface area contributed by atoms with E-state index in [4.69, 9.17) is 14.0 Å². The summed E-state index contributed by atoms with van der Waals surface area (Å²) in [4.78, 5) is 5.84. The predicted octanol–water partition coefficient (Wildman–Crippen LogP) is 2.57. The molecule has 148 valence electrons. The standard InChI is InChI=1S/C22H27N3O3/c1-5-16-6-9-18(10-7-16)22-23-21(28-24-22)15-25(2)13-12-17-8-11-19(26-3)20(14-17)27-4/h6-11,14H,5,12-13,15H2,1-4H3/p+1. The molecule has 1 unspecified atom stereocenters. The van der Waals surface area contributed by atoms with E-state index in [1.54, 1.807) is 14.2 Å². The molecule has 1 N–H and O–H groups in total. The first kappa shape index (κ1) is 19.9. The van der Waals surface area contributed by atoms with E-state index >= 15 is 0 Å². The van der Waals surface area contributed by atoms with E-state index in [0.29, 0.717) is 18.3 Å². The number of hydrogen-bond acceptors (Lipinski definition) is 5. The van der Waals surface area contributed by atoms with Crippen LogP contribution < -0.4 is 14.4 Å². The first-order valence-corrected chi connectivity index (χ1v) is 9.57. The normalized spacial score (nSPS) is 12.0. The van der Waals surface area contributed by atoms with Crippen molar-refractivity contribution in [1.29, 1.82) is 0 Å². The maximum atomic E-state index is 5.45. The number of nitrogens with one attached hydrogen (secondary N) is 1. The van der Waals surface area contributed by atoms with Crippen LogP contribution in [0.5, 0.6) is 11.5 Å². The molecule has 0 spiro atoms. The van der Waals surface area contributed by atoms with Crippen LogP contribution in [0.1, 0.15) is 23.9 Å². The zero-order chi connectivity index (χ0) is 19.9. The van der Waals surface area contributed by atoms with Gasteiger partial charge >= 0.3 is 0 Å². The second kappa shape index (κ2) is 9.37. The van der Waals surface area contributed by atoms with E-state index in [1.807, 2.05) is 24.3 Å². The Hall–Kier alpha value is -2.86. The van der Waals surface area contributed by atoms with Gasteiger partial charge in [-0.1, -0.05) is 42.4 Å². The quantitative estimate of drug-likeness (QED) is 0.616. The molecular weight excluding hydrogens is 354 g/mol. The number of aryl methyl sites for hydroxylation is 1. The number of quaternary nitrogens is 1. The van der Waals surface area contributed by atoms with Crippen LogP contribution in [0.2, 0.25) is 0 Å². The molecule has 0 saturated carbocycles. The van der Waals surface area contributed by atoms with Gasteiger partial charge in [0.1, 0.15) is 0 Å². The van der Waals surface area contributed by atoms with E-state index in [-0.39, 0.29) is 0 Å². The molecule has 6 nitrogen and oxygen atoms in total. The molecule has 1 heterocycles. The third-order valence-electron chi connectivity index (χ3n) is 4.83. The molecule has 3 aromatic rings. The Morgan fingerprint density at radius 2 is 1.68 bits per heavy atom. The van der Waals surface area contributed by atoms with Crippen LogP contribution in [0.3, 0.4) is 0 Å². The van der Waals surface area contributed by atoms with E-state index in [1.165, 1.54) is 16.0 Å². The molecule has 2 aromatic carbocycles. The highest BCUT2D eigenvalue weighted by atomic mass is 16.5. The molecule has 0 amide bonds. The van der Waals surface area contributed by atoms with Gasteiger partial charge in [0.15, 0.2) is 18.0 Å². The van der Waals surface area contributed by atoms with Crippen LogP contribution in [0.15, 0.2) is 47.0 Å². The highest BCUT2D eigenvalue weighted by Gasteiger charge is 2.14. The minimum atomic E-state index is 0.644. The molecule has 0 aliphatic heterocycles. The van der Waals surface area contributed by atoms with Gasteiger partial charge in [-0.3, -0.25) is 0 Å². The lowest BCUT2D eigenvalue weighted by Gasteiger charge is -2.13. The van der Waals surface area contributed by atoms with Crippen molar-refractivity contribution in [3.05, 3.63) is 59.5 Å². The van der Waals surface area contributed by atoms with Crippen molar-refractivity contribution in [2.75, 3.05) is 27.8 Å². The molecule has 0 aliphatic carbocycles. The molecule has 0 aliphatic rings. The van der Waals surface area contributed by atoms with Crippen LogP contribution in [-0.4, -0.2) is 38.0 Å². The van der Waals surface area contributed by atoms with Crippen LogP contribution in [0.4, 0.5) is 0 Å². The third-order valence-corrected chi connectivity index (χ3v) is 4.83. The summed E-state index contributed by atoms with van der Waals surface area (Å²) >= 11 is 0. The molecule has 0 bridgehead atoms. The largest absolute Gasteiger partial charge is 0.493 e. The lowest BCUT2D eigenvalue weighted by Crippen LogP contribution is -3.07. The average molecular weight is 382 g/mol. The van der Waals surface area contributed by atoms with Crippen molar-refractivity contribution in [3.63, 3.8) is 0 Å². The fourth-order valence-electron chi connectivity index (χ4n) is 3.07. The summed E-state index contributed by atoms with van der Waals surface area (Å²) in [6, 6.07) is 14.3. The zero-order valence-corrected chi connectivity index (χ0v) is 17.0. The molecule has 1 atom stereocenters. The minimum Gasteiger partial charge on any atom is -0.493 e. The summed E-state index contributed by atoms with van der Waals surface area (Å²) in [5, 5.41) is 4.13. The van der Waals surface area contributed by atoms with Gasteiger partial charge in [-0.2, -0.15) is 4.98 Å². The molecule has 0 saturated heterocycles. The Labute approximate surface area is 166 Å². The lowest BCUT2D eigenvalue weighted by molar-refractivity contribution is -0.894. The number of aromatic nitrogens is 2. The van der Waals surface area contributed by atoms with Crippen LogP contribution in [0, 0.1) is 0 Å². The highest BCUT2D eigenvalue weighted by molar-refractivity contribution is 5.54. The van der Waals surface area contributed by atoms with Gasteiger partial charge in [-0.15, -0.1) is 0 Å². The smallest absolute Gasteiger partial charge is 0.282 e. The molecule has 6 heteroatoms. The fourth-order valence-corrected chi connectivity index (χ4v) is 3.07. The lowest BCUT2D eigenvalue weighted by atomic mass is 10.1. The Morgan fingerprint density at radius 1 is 0.964 bits per heavy atom. The van der Waals surface area contributed by atoms with Crippen LogP contribution >= 0.6 is 0 Å². The Balaban J connectivity index is 1.56. The van der Waals surface area contributed by atoms with Crippen LogP contribution in [-0.2, 0) is 19.4 Å². The maximum Gasteiger partial charge on any atom is 0.282 e. The summed E-state index contributed by atoms with van der Waals surface area (Å²) in [6.45, 7) is 3.77. The highest BCUT2D eigenvalue weighted by Crippen LogP contribution is 2.27. The van der Waals surface area contributed by atoms with Crippen molar-refractivity contribution < 1.29 is 18.9 Å². The van der Waals surface area contributed by atoms with E-state index < -0.39 is 0 Å². The third kappa shape index (κ3) is 4.89. The van der Waals surface area contributed by atoms with E-state index in [0.717, 1.165) is 36.4 Å². The van der Waals surface area contributed by atoms with Gasteiger partial charge in [0.2, 0.25) is 5.82 Å².